The topological polar surface area (TPSA) is 100 Å². The molecule has 0 amide bonds. The number of nitrogens with one attached hydrogen (secondary N) is 1. The number of hydrogen-bond acceptors (Lipinski definition) is 4. The number of aliphatic carboxylic acids is 1. The summed E-state index contributed by atoms with van der Waals surface area (Å²) in [6.07, 6.45) is 2.41. The molecular formula is C21H18ClN3O2. The Morgan fingerprint density at radius 3 is 2.56 bits per heavy atom. The van der Waals surface area contributed by atoms with Crippen LogP contribution in [0.25, 0.3) is 27.6 Å². The Labute approximate surface area is 161 Å². The number of nitrogens with two attached hydrogens (primary N) is 1. The van der Waals surface area contributed by atoms with Crippen LogP contribution in [0, 0.1) is 12.3 Å². The number of pyridine rings is 1. The highest BCUT2D eigenvalue weighted by Crippen LogP contribution is 2.35. The van der Waals surface area contributed by atoms with E-state index >= 15 is 0 Å². The third-order valence-electron chi connectivity index (χ3n) is 4.42. The summed E-state index contributed by atoms with van der Waals surface area (Å²) >= 11 is 6.01. The molecule has 0 aliphatic heterocycles. The van der Waals surface area contributed by atoms with Crippen LogP contribution in [0.15, 0.2) is 48.7 Å². The quantitative estimate of drug-likeness (QED) is 0.570. The monoisotopic (exact) mass is 379 g/mol. The molecule has 0 aliphatic carbocycles. The maximum Gasteiger partial charge on any atom is 0.307 e. The number of nitrogens with zero attached hydrogens (tertiary/aromatic N) is 1. The van der Waals surface area contributed by atoms with E-state index in [1.54, 1.807) is 18.2 Å². The van der Waals surface area contributed by atoms with Crippen molar-refractivity contribution in [3.63, 3.8) is 0 Å². The first kappa shape index (κ1) is 18.6. The van der Waals surface area contributed by atoms with Gasteiger partial charge in [0.05, 0.1) is 17.6 Å². The van der Waals surface area contributed by atoms with Gasteiger partial charge in [-0.05, 0) is 53.4 Å². The van der Waals surface area contributed by atoms with Gasteiger partial charge in [0.15, 0.2) is 0 Å². The summed E-state index contributed by atoms with van der Waals surface area (Å²) < 4.78 is 0. The third-order valence-corrected chi connectivity index (χ3v) is 4.67. The Kier molecular flexibility index (Phi) is 5.23. The molecule has 4 N–H and O–H groups in total. The minimum absolute atomic E-state index is 0.0874. The zero-order valence-corrected chi connectivity index (χ0v) is 15.4. The van der Waals surface area contributed by atoms with Crippen LogP contribution in [-0.2, 0) is 11.2 Å². The fourth-order valence-corrected chi connectivity index (χ4v) is 3.27. The van der Waals surface area contributed by atoms with Gasteiger partial charge in [-0.2, -0.15) is 0 Å². The summed E-state index contributed by atoms with van der Waals surface area (Å²) in [7, 11) is 0. The molecule has 6 heteroatoms. The number of hydrogen-bond donors (Lipinski definition) is 3. The lowest BCUT2D eigenvalue weighted by Gasteiger charge is -2.16. The van der Waals surface area contributed by atoms with Gasteiger partial charge in [0, 0.05) is 28.4 Å². The molecule has 0 bridgehead atoms. The normalized spacial score (nSPS) is 11.6. The lowest BCUT2D eigenvalue weighted by Crippen LogP contribution is -2.05. The van der Waals surface area contributed by atoms with Crippen LogP contribution in [0.5, 0.6) is 0 Å². The molecule has 3 rings (SSSR count). The number of rotatable bonds is 5. The number of carboxylic acid groups (broad SMARTS) is 1. The second-order valence-corrected chi connectivity index (χ2v) is 6.59. The maximum atomic E-state index is 11.4. The van der Waals surface area contributed by atoms with E-state index in [2.05, 4.69) is 4.98 Å². The second kappa shape index (κ2) is 7.60. The average Bonchev–Trinajstić information content (AvgIpc) is 2.64. The lowest BCUT2D eigenvalue weighted by atomic mass is 9.90. The minimum Gasteiger partial charge on any atom is -0.481 e. The molecule has 5 nitrogen and oxygen atoms in total. The molecular weight excluding hydrogens is 362 g/mol. The fraction of sp³-hybridized carbons (Fsp3) is 0.0952. The van der Waals surface area contributed by atoms with Gasteiger partial charge in [0.2, 0.25) is 0 Å². The van der Waals surface area contributed by atoms with Gasteiger partial charge in [-0.3, -0.25) is 4.79 Å². The van der Waals surface area contributed by atoms with Crippen LogP contribution in [0.1, 0.15) is 16.8 Å². The number of carboxylic acids is 1. The Balaban J connectivity index is 2.34. The van der Waals surface area contributed by atoms with E-state index in [1.165, 1.54) is 6.20 Å². The average molecular weight is 380 g/mol. The summed E-state index contributed by atoms with van der Waals surface area (Å²) in [6.45, 7) is 1.88. The predicted octanol–water partition coefficient (Wildman–Crippen LogP) is 4.44. The molecule has 1 aromatic heterocycles. The van der Waals surface area contributed by atoms with Crippen LogP contribution in [-0.4, -0.2) is 22.3 Å². The largest absolute Gasteiger partial charge is 0.481 e. The highest BCUT2D eigenvalue weighted by molar-refractivity contribution is 6.30. The van der Waals surface area contributed by atoms with Crippen molar-refractivity contribution in [2.45, 2.75) is 13.3 Å². The number of halogens is 1. The summed E-state index contributed by atoms with van der Waals surface area (Å²) in [5, 5.41) is 18.3. The zero-order chi connectivity index (χ0) is 19.6. The van der Waals surface area contributed by atoms with Gasteiger partial charge in [-0.15, -0.1) is 0 Å². The molecule has 136 valence electrons. The molecule has 0 atom stereocenters. The highest BCUT2D eigenvalue weighted by Gasteiger charge is 2.17. The van der Waals surface area contributed by atoms with Crippen LogP contribution in [0.2, 0.25) is 5.02 Å². The molecule has 0 fully saturated rings. The van der Waals surface area contributed by atoms with E-state index in [0.717, 1.165) is 33.9 Å². The molecule has 27 heavy (non-hydrogen) atoms. The standard InChI is InChI=1S/C21H18ClN3O2/c1-12-8-19-16(6-7-18(25-19)14(10-23)11-24)21(17(12)9-20(26)27)13-2-4-15(22)5-3-13/h2-8,10-11,23H,9,24H2,1H3,(H,26,27)/b14-11+,23-10?. The molecule has 0 radical (unpaired) electrons. The molecule has 3 aromatic rings. The molecule has 2 aromatic carbocycles. The van der Waals surface area contributed by atoms with Gasteiger partial charge < -0.3 is 16.2 Å². The number of fused-ring (bicyclic) bond motifs is 1. The van der Waals surface area contributed by atoms with E-state index in [-0.39, 0.29) is 6.42 Å². The van der Waals surface area contributed by atoms with Gasteiger partial charge in [-0.1, -0.05) is 29.8 Å². The predicted molar refractivity (Wildman–Crippen MR) is 109 cm³/mol. The summed E-state index contributed by atoms with van der Waals surface area (Å²) in [5.41, 5.74) is 10.7. The number of carbonyl (C=O) groups is 1. The SMILES string of the molecule is Cc1cc2nc(/C(C=N)=C/N)ccc2c(-c2ccc(Cl)cc2)c1CC(=O)O. The third kappa shape index (κ3) is 3.68. The Bertz CT molecular complexity index is 1070. The molecule has 0 unspecified atom stereocenters. The fourth-order valence-electron chi connectivity index (χ4n) is 3.14. The Hall–Kier alpha value is -3.18. The van der Waals surface area contributed by atoms with Crippen LogP contribution in [0.4, 0.5) is 0 Å². The minimum atomic E-state index is -0.894. The number of allylic oxidation sites excluding steroid dienone is 1. The van der Waals surface area contributed by atoms with Crippen molar-refractivity contribution >= 4 is 40.3 Å². The van der Waals surface area contributed by atoms with Gasteiger partial charge in [0.1, 0.15) is 0 Å². The van der Waals surface area contributed by atoms with Gasteiger partial charge >= 0.3 is 5.97 Å². The number of benzene rings is 2. The van der Waals surface area contributed by atoms with Crippen LogP contribution >= 0.6 is 11.6 Å². The van der Waals surface area contributed by atoms with E-state index in [4.69, 9.17) is 22.7 Å². The molecule has 0 spiro atoms. The van der Waals surface area contributed by atoms with E-state index in [0.29, 0.717) is 21.8 Å². The molecule has 0 saturated heterocycles. The van der Waals surface area contributed by atoms with Crippen LogP contribution < -0.4 is 5.73 Å². The molecule has 1 heterocycles. The molecule has 0 aliphatic rings. The number of aryl methyl sites for hydroxylation is 1. The van der Waals surface area contributed by atoms with Crippen molar-refractivity contribution < 1.29 is 9.90 Å². The first-order chi connectivity index (χ1) is 12.9. The van der Waals surface area contributed by atoms with Crippen molar-refractivity contribution in [2.24, 2.45) is 5.73 Å². The lowest BCUT2D eigenvalue weighted by molar-refractivity contribution is -0.136. The summed E-state index contributed by atoms with van der Waals surface area (Å²) in [5.74, 6) is -0.894. The van der Waals surface area contributed by atoms with Crippen molar-refractivity contribution in [3.05, 3.63) is 70.5 Å². The highest BCUT2D eigenvalue weighted by atomic mass is 35.5. The summed E-state index contributed by atoms with van der Waals surface area (Å²) in [4.78, 5) is 16.1. The van der Waals surface area contributed by atoms with Crippen molar-refractivity contribution in [3.8, 4) is 11.1 Å². The van der Waals surface area contributed by atoms with Crippen molar-refractivity contribution in [1.82, 2.24) is 4.98 Å². The summed E-state index contributed by atoms with van der Waals surface area (Å²) in [6, 6.07) is 12.8. The maximum absolute atomic E-state index is 11.4. The number of aromatic nitrogens is 1. The Morgan fingerprint density at radius 1 is 1.26 bits per heavy atom. The zero-order valence-electron chi connectivity index (χ0n) is 14.7. The second-order valence-electron chi connectivity index (χ2n) is 6.15. The van der Waals surface area contributed by atoms with E-state index in [9.17, 15) is 9.90 Å². The van der Waals surface area contributed by atoms with Crippen molar-refractivity contribution in [2.75, 3.05) is 0 Å². The van der Waals surface area contributed by atoms with Gasteiger partial charge in [-0.25, -0.2) is 4.98 Å². The van der Waals surface area contributed by atoms with Crippen molar-refractivity contribution in [1.29, 1.82) is 5.41 Å². The smallest absolute Gasteiger partial charge is 0.307 e. The Morgan fingerprint density at radius 2 is 1.96 bits per heavy atom. The van der Waals surface area contributed by atoms with E-state index < -0.39 is 5.97 Å². The first-order valence-electron chi connectivity index (χ1n) is 8.28. The first-order valence-corrected chi connectivity index (χ1v) is 8.66. The van der Waals surface area contributed by atoms with Crippen LogP contribution in [0.3, 0.4) is 0 Å². The van der Waals surface area contributed by atoms with E-state index in [1.807, 2.05) is 31.2 Å². The molecule has 0 saturated carbocycles. The van der Waals surface area contributed by atoms with Gasteiger partial charge in [0.25, 0.3) is 0 Å².